The van der Waals surface area contributed by atoms with Crippen LogP contribution in [0.5, 0.6) is 0 Å². The van der Waals surface area contributed by atoms with Crippen molar-refractivity contribution >= 4 is 28.8 Å². The van der Waals surface area contributed by atoms with E-state index in [-0.39, 0.29) is 29.5 Å². The minimum absolute atomic E-state index is 0.0271. The molecule has 1 aromatic carbocycles. The average Bonchev–Trinajstić information content (AvgIpc) is 3.46. The molecule has 30 heavy (non-hydrogen) atoms. The van der Waals surface area contributed by atoms with Gasteiger partial charge in [0.25, 0.3) is 0 Å². The Kier molecular flexibility index (Phi) is 5.86. The van der Waals surface area contributed by atoms with Gasteiger partial charge in [0.05, 0.1) is 12.2 Å². The summed E-state index contributed by atoms with van der Waals surface area (Å²) in [5.74, 6) is -3.86. The normalized spacial score (nSPS) is 23.4. The van der Waals surface area contributed by atoms with Gasteiger partial charge in [-0.25, -0.2) is 8.78 Å². The first kappa shape index (κ1) is 20.9. The van der Waals surface area contributed by atoms with E-state index in [2.05, 4.69) is 10.3 Å². The molecule has 2 atom stereocenters. The Hall–Kier alpha value is -2.35. The monoisotopic (exact) mass is 419 g/mol. The van der Waals surface area contributed by atoms with Crippen LogP contribution < -0.4 is 10.2 Å². The van der Waals surface area contributed by atoms with E-state index in [4.69, 9.17) is 4.74 Å². The Morgan fingerprint density at radius 1 is 1.30 bits per heavy atom. The second-order valence-corrected chi connectivity index (χ2v) is 8.19. The van der Waals surface area contributed by atoms with Crippen LogP contribution >= 0.6 is 0 Å². The number of ether oxygens (including phenoxy) is 1. The molecule has 6 nitrogen and oxygen atoms in total. The van der Waals surface area contributed by atoms with Crippen LogP contribution in [0.2, 0.25) is 0 Å². The predicted octanol–water partition coefficient (Wildman–Crippen LogP) is 3.26. The Bertz CT molecular complexity index is 898. The number of fused-ring (bicyclic) bond motifs is 1. The van der Waals surface area contributed by atoms with Crippen molar-refractivity contribution in [3.63, 3.8) is 0 Å². The van der Waals surface area contributed by atoms with E-state index in [1.54, 1.807) is 11.8 Å². The zero-order chi connectivity index (χ0) is 21.4. The molecular weight excluding hydrogens is 392 g/mol. The minimum Gasteiger partial charge on any atom is -0.465 e. The fraction of sp³-hybridized carbons (Fsp3) is 0.591. The van der Waals surface area contributed by atoms with Crippen molar-refractivity contribution in [2.24, 2.45) is 22.7 Å². The quantitative estimate of drug-likeness (QED) is 0.543. The highest BCUT2D eigenvalue weighted by molar-refractivity contribution is 6.28. The van der Waals surface area contributed by atoms with E-state index in [0.29, 0.717) is 24.7 Å². The van der Waals surface area contributed by atoms with E-state index in [9.17, 15) is 14.0 Å². The lowest BCUT2D eigenvalue weighted by atomic mass is 9.86. The summed E-state index contributed by atoms with van der Waals surface area (Å²) in [6.45, 7) is 6.52. The number of benzene rings is 1. The van der Waals surface area contributed by atoms with Crippen molar-refractivity contribution in [3.05, 3.63) is 23.3 Å². The Balaban J connectivity index is 1.70. The number of halogens is 2. The first-order valence-corrected chi connectivity index (χ1v) is 10.7. The molecule has 0 bridgehead atoms. The van der Waals surface area contributed by atoms with Crippen LogP contribution in [-0.4, -0.2) is 50.3 Å². The smallest absolute Gasteiger partial charge is 0.322 e. The lowest BCUT2D eigenvalue weighted by Gasteiger charge is -2.26. The van der Waals surface area contributed by atoms with Crippen LogP contribution in [0.15, 0.2) is 11.1 Å². The summed E-state index contributed by atoms with van der Waals surface area (Å²) in [6, 6.07) is 1.03. The summed E-state index contributed by atoms with van der Waals surface area (Å²) in [7, 11) is 0. The maximum absolute atomic E-state index is 15.5. The largest absolute Gasteiger partial charge is 0.465 e. The molecule has 2 heterocycles. The van der Waals surface area contributed by atoms with Crippen LogP contribution in [0, 0.1) is 29.4 Å². The number of hydrogen-bond donors (Lipinski definition) is 1. The molecule has 8 heteroatoms. The molecule has 1 aliphatic carbocycles. The summed E-state index contributed by atoms with van der Waals surface area (Å²) >= 11 is 0. The van der Waals surface area contributed by atoms with E-state index in [0.717, 1.165) is 38.4 Å². The van der Waals surface area contributed by atoms with Gasteiger partial charge >= 0.3 is 5.97 Å². The van der Waals surface area contributed by atoms with Crippen molar-refractivity contribution in [2.45, 2.75) is 33.1 Å². The maximum atomic E-state index is 15.5. The number of Topliss-reactive ketones (excluding diaryl/α,β-unsaturated/α-hetero) is 1. The second kappa shape index (κ2) is 8.41. The molecule has 2 fully saturated rings. The molecule has 4 rings (SSSR count). The van der Waals surface area contributed by atoms with Gasteiger partial charge in [-0.05, 0) is 57.2 Å². The second-order valence-electron chi connectivity index (χ2n) is 8.19. The molecule has 0 spiro atoms. The highest BCUT2D eigenvalue weighted by Gasteiger charge is 2.46. The highest BCUT2D eigenvalue weighted by atomic mass is 19.1. The van der Waals surface area contributed by atoms with E-state index in [1.165, 1.54) is 0 Å². The van der Waals surface area contributed by atoms with E-state index < -0.39 is 29.3 Å². The van der Waals surface area contributed by atoms with Crippen molar-refractivity contribution in [3.8, 4) is 0 Å². The topological polar surface area (TPSA) is 71.0 Å². The van der Waals surface area contributed by atoms with Gasteiger partial charge in [0.1, 0.15) is 17.2 Å². The predicted molar refractivity (Wildman–Crippen MR) is 109 cm³/mol. The number of hydrogen-bond acceptors (Lipinski definition) is 6. The molecule has 1 N–H and O–H groups in total. The molecular formula is C22H27F2N3O3. The molecule has 2 aliphatic heterocycles. The van der Waals surface area contributed by atoms with Gasteiger partial charge in [-0.2, -0.15) is 0 Å². The summed E-state index contributed by atoms with van der Waals surface area (Å²) < 4.78 is 35.5. The van der Waals surface area contributed by atoms with E-state index in [1.807, 2.05) is 6.92 Å². The number of aliphatic imine (C=N–C) groups is 1. The SMILES string of the molecule is CCNCC1CCN(c2c(F)cc3c(c2F)N=C(C2CC2)C(C(=O)OCC)C3=O)C1. The van der Waals surface area contributed by atoms with Crippen molar-refractivity contribution in [1.82, 2.24) is 5.32 Å². The fourth-order valence-electron chi connectivity index (χ4n) is 4.38. The number of anilines is 1. The molecule has 3 aliphatic rings. The molecule has 0 radical (unpaired) electrons. The lowest BCUT2D eigenvalue weighted by molar-refractivity contribution is -0.144. The molecule has 0 amide bonds. The molecule has 162 valence electrons. The van der Waals surface area contributed by atoms with Crippen molar-refractivity contribution < 1.29 is 23.1 Å². The summed E-state index contributed by atoms with van der Waals surface area (Å²) in [6.07, 6.45) is 2.43. The third-order valence-corrected chi connectivity index (χ3v) is 6.04. The van der Waals surface area contributed by atoms with Gasteiger partial charge in [-0.1, -0.05) is 6.92 Å². The van der Waals surface area contributed by atoms with Crippen LogP contribution in [-0.2, 0) is 9.53 Å². The number of rotatable bonds is 7. The van der Waals surface area contributed by atoms with Crippen LogP contribution in [0.4, 0.5) is 20.2 Å². The van der Waals surface area contributed by atoms with Crippen molar-refractivity contribution in [2.75, 3.05) is 37.7 Å². The van der Waals surface area contributed by atoms with Gasteiger partial charge in [-0.15, -0.1) is 0 Å². The van der Waals surface area contributed by atoms with Crippen LogP contribution in [0.1, 0.15) is 43.5 Å². The first-order valence-electron chi connectivity index (χ1n) is 10.7. The van der Waals surface area contributed by atoms with E-state index >= 15 is 4.39 Å². The van der Waals surface area contributed by atoms with Crippen LogP contribution in [0.25, 0.3) is 0 Å². The number of nitrogens with one attached hydrogen (secondary N) is 1. The van der Waals surface area contributed by atoms with Gasteiger partial charge in [0.2, 0.25) is 0 Å². The number of esters is 1. The molecule has 1 saturated carbocycles. The lowest BCUT2D eigenvalue weighted by Crippen LogP contribution is -2.37. The Labute approximate surface area is 174 Å². The summed E-state index contributed by atoms with van der Waals surface area (Å²) in [5.41, 5.74) is -0.100. The molecule has 1 aromatic rings. The fourth-order valence-corrected chi connectivity index (χ4v) is 4.38. The molecule has 0 aromatic heterocycles. The Morgan fingerprint density at radius 2 is 2.07 bits per heavy atom. The molecule has 2 unspecified atom stereocenters. The van der Waals surface area contributed by atoms with Gasteiger partial charge in [-0.3, -0.25) is 14.6 Å². The first-order chi connectivity index (χ1) is 14.5. The van der Waals surface area contributed by atoms with Gasteiger partial charge in [0.15, 0.2) is 17.5 Å². The Morgan fingerprint density at radius 3 is 2.73 bits per heavy atom. The number of ketones is 1. The third kappa shape index (κ3) is 3.73. The maximum Gasteiger partial charge on any atom is 0.322 e. The average molecular weight is 419 g/mol. The summed E-state index contributed by atoms with van der Waals surface area (Å²) in [5, 5.41) is 3.27. The van der Waals surface area contributed by atoms with Gasteiger partial charge < -0.3 is 15.0 Å². The minimum atomic E-state index is -1.20. The van der Waals surface area contributed by atoms with Crippen LogP contribution in [0.3, 0.4) is 0 Å². The number of carbonyl (C=O) groups excluding carboxylic acids is 2. The zero-order valence-electron chi connectivity index (χ0n) is 17.3. The number of carbonyl (C=O) groups is 2. The van der Waals surface area contributed by atoms with Gasteiger partial charge in [0, 0.05) is 18.8 Å². The molecule has 1 saturated heterocycles. The summed E-state index contributed by atoms with van der Waals surface area (Å²) in [4.78, 5) is 31.5. The standard InChI is InChI=1S/C22H27F2N3O3/c1-3-25-10-12-7-8-27(11-12)20-15(23)9-14-19(17(20)24)26-18(13-5-6-13)16(21(14)28)22(29)30-4-2/h9,12-13,16,25H,3-8,10-11H2,1-2H3. The highest BCUT2D eigenvalue weighted by Crippen LogP contribution is 2.44. The zero-order valence-corrected chi connectivity index (χ0v) is 17.3. The van der Waals surface area contributed by atoms with Crippen molar-refractivity contribution in [1.29, 1.82) is 0 Å². The third-order valence-electron chi connectivity index (χ3n) is 6.04. The number of nitrogens with zero attached hydrogens (tertiary/aromatic N) is 2.